The van der Waals surface area contributed by atoms with Crippen LogP contribution in [0, 0.1) is 0 Å². The summed E-state index contributed by atoms with van der Waals surface area (Å²) < 4.78 is 12.8. The zero-order chi connectivity index (χ0) is 26.6. The number of methoxy groups -OCH3 is 2. The Balaban J connectivity index is 2.09. The van der Waals surface area contributed by atoms with Gasteiger partial charge in [-0.05, 0) is 97.2 Å². The van der Waals surface area contributed by atoms with Crippen molar-refractivity contribution in [3.8, 4) is 11.5 Å². The Morgan fingerprint density at radius 3 is 1.78 bits per heavy atom. The number of aliphatic imine (C=N–C) groups is 1. The quantitative estimate of drug-likeness (QED) is 0.146. The first-order chi connectivity index (χ1) is 18.0. The Labute approximate surface area is 221 Å². The van der Waals surface area contributed by atoms with Gasteiger partial charge in [-0.15, -0.1) is 0 Å². The van der Waals surface area contributed by atoms with E-state index >= 15 is 0 Å². The first-order valence-electron chi connectivity index (χ1n) is 12.6. The molecule has 3 aromatic carbocycles. The molecule has 0 bridgehead atoms. The maximum atomic E-state index is 5.37. The minimum absolute atomic E-state index is 0.815. The second kappa shape index (κ2) is 13.8. The lowest BCUT2D eigenvalue weighted by atomic mass is 10.1. The van der Waals surface area contributed by atoms with Crippen molar-refractivity contribution in [1.82, 2.24) is 4.90 Å². The number of allylic oxidation sites excluding steroid dienone is 3. The second-order valence-electron chi connectivity index (χ2n) is 8.62. The molecule has 0 spiro atoms. The minimum atomic E-state index is 0.815. The summed E-state index contributed by atoms with van der Waals surface area (Å²) in [6, 6.07) is 26.4. The van der Waals surface area contributed by atoms with Crippen molar-refractivity contribution < 1.29 is 14.0 Å². The fourth-order valence-corrected chi connectivity index (χ4v) is 4.02. The van der Waals surface area contributed by atoms with Crippen LogP contribution in [0.5, 0.6) is 11.5 Å². The van der Waals surface area contributed by atoms with Gasteiger partial charge in [0.25, 0.3) is 0 Å². The van der Waals surface area contributed by atoms with Gasteiger partial charge in [-0.3, -0.25) is 4.58 Å². The Kier molecular flexibility index (Phi) is 10.3. The summed E-state index contributed by atoms with van der Waals surface area (Å²) in [4.78, 5) is 7.47. The molecule has 0 atom stereocenters. The van der Waals surface area contributed by atoms with Crippen molar-refractivity contribution in [2.24, 2.45) is 4.99 Å². The van der Waals surface area contributed by atoms with Gasteiger partial charge < -0.3 is 14.4 Å². The average Bonchev–Trinajstić information content (AvgIpc) is 2.95. The summed E-state index contributed by atoms with van der Waals surface area (Å²) in [6.07, 6.45) is 6.31. The van der Waals surface area contributed by atoms with Crippen LogP contribution in [-0.4, -0.2) is 62.4 Å². The van der Waals surface area contributed by atoms with Crippen molar-refractivity contribution in [3.05, 3.63) is 114 Å². The molecule has 0 amide bonds. The molecule has 0 aliphatic rings. The summed E-state index contributed by atoms with van der Waals surface area (Å²) in [5, 5.41) is 0. The number of amidine groups is 1. The van der Waals surface area contributed by atoms with Crippen molar-refractivity contribution >= 4 is 17.2 Å². The second-order valence-corrected chi connectivity index (χ2v) is 8.62. The molecule has 0 heterocycles. The molecule has 0 N–H and O–H groups in total. The normalized spacial score (nSPS) is 11.9. The number of hydrogen-bond acceptors (Lipinski definition) is 3. The minimum Gasteiger partial charge on any atom is -0.497 e. The van der Waals surface area contributed by atoms with Crippen molar-refractivity contribution in [1.29, 1.82) is 0 Å². The van der Waals surface area contributed by atoms with E-state index in [1.807, 2.05) is 73.3 Å². The molecule has 0 aliphatic heterocycles. The fourth-order valence-electron chi connectivity index (χ4n) is 4.02. The first kappa shape index (κ1) is 27.5. The van der Waals surface area contributed by atoms with E-state index in [0.29, 0.717) is 0 Å². The average molecular weight is 497 g/mol. The highest BCUT2D eigenvalue weighted by Crippen LogP contribution is 2.22. The SMILES string of the molecule is CCN(CC)/C(=C\C=C\C(=NC(c1ccccc1)=[N+](C)C)c1ccc(OC)cc1)c1ccc(OC)cc1. The van der Waals surface area contributed by atoms with Crippen LogP contribution in [-0.2, 0) is 0 Å². The third-order valence-corrected chi connectivity index (χ3v) is 6.07. The van der Waals surface area contributed by atoms with E-state index in [0.717, 1.165) is 58.5 Å². The van der Waals surface area contributed by atoms with Crippen LogP contribution < -0.4 is 9.47 Å². The van der Waals surface area contributed by atoms with Crippen LogP contribution in [0.3, 0.4) is 0 Å². The maximum absolute atomic E-state index is 5.37. The molecule has 0 radical (unpaired) electrons. The van der Waals surface area contributed by atoms with Gasteiger partial charge in [0.15, 0.2) is 5.71 Å². The molecule has 3 rings (SSSR count). The highest BCUT2D eigenvalue weighted by molar-refractivity contribution is 6.16. The summed E-state index contributed by atoms with van der Waals surface area (Å²) >= 11 is 0. The van der Waals surface area contributed by atoms with E-state index < -0.39 is 0 Å². The van der Waals surface area contributed by atoms with Gasteiger partial charge in [-0.1, -0.05) is 24.3 Å². The number of benzene rings is 3. The predicted octanol–water partition coefficient (Wildman–Crippen LogP) is 6.15. The first-order valence-corrected chi connectivity index (χ1v) is 12.6. The Morgan fingerprint density at radius 1 is 0.757 bits per heavy atom. The van der Waals surface area contributed by atoms with Crippen LogP contribution in [0.1, 0.15) is 30.5 Å². The summed E-state index contributed by atoms with van der Waals surface area (Å²) in [5.74, 6) is 2.55. The molecular weight excluding hydrogens is 458 g/mol. The van der Waals surface area contributed by atoms with Crippen LogP contribution in [0.2, 0.25) is 0 Å². The Bertz CT molecular complexity index is 1250. The lowest BCUT2D eigenvalue weighted by Crippen LogP contribution is -2.21. The summed E-state index contributed by atoms with van der Waals surface area (Å²) in [6.45, 7) is 6.17. The molecule has 0 saturated carbocycles. The predicted molar refractivity (Wildman–Crippen MR) is 155 cm³/mol. The van der Waals surface area contributed by atoms with Crippen LogP contribution in [0.15, 0.2) is 102 Å². The molecule has 0 unspecified atom stereocenters. The van der Waals surface area contributed by atoms with E-state index in [1.165, 1.54) is 0 Å². The van der Waals surface area contributed by atoms with Crippen molar-refractivity contribution in [3.63, 3.8) is 0 Å². The molecular formula is C32H38N3O2+. The van der Waals surface area contributed by atoms with Crippen molar-refractivity contribution in [2.45, 2.75) is 13.8 Å². The van der Waals surface area contributed by atoms with Gasteiger partial charge in [0.1, 0.15) is 11.5 Å². The molecule has 3 aromatic rings. The number of rotatable bonds is 10. The van der Waals surface area contributed by atoms with Crippen LogP contribution >= 0.6 is 0 Å². The molecule has 192 valence electrons. The van der Waals surface area contributed by atoms with Gasteiger partial charge in [0.05, 0.1) is 33.9 Å². The number of hydrogen-bond donors (Lipinski definition) is 0. The lowest BCUT2D eigenvalue weighted by molar-refractivity contribution is -0.464. The molecule has 0 saturated heterocycles. The molecule has 0 aliphatic carbocycles. The zero-order valence-electron chi connectivity index (χ0n) is 22.8. The Hall–Kier alpha value is -4.12. The number of ether oxygens (including phenoxy) is 2. The standard InChI is InChI=1S/C32H38N3O2/c1-7-35(8-2)31(26-19-23-29(37-6)24-20-26)16-12-15-30(25-17-21-28(36-5)22-18-25)33-32(34(3)4)27-13-10-9-11-14-27/h9-24H,7-8H2,1-6H3/q+1. The van der Waals surface area contributed by atoms with Gasteiger partial charge in [-0.25, -0.2) is 0 Å². The van der Waals surface area contributed by atoms with Crippen LogP contribution in [0.25, 0.3) is 5.70 Å². The topological polar surface area (TPSA) is 37.1 Å². The molecule has 37 heavy (non-hydrogen) atoms. The molecule has 5 nitrogen and oxygen atoms in total. The monoisotopic (exact) mass is 496 g/mol. The van der Waals surface area contributed by atoms with Crippen molar-refractivity contribution in [2.75, 3.05) is 41.4 Å². The van der Waals surface area contributed by atoms with Crippen LogP contribution in [0.4, 0.5) is 0 Å². The van der Waals surface area contributed by atoms with E-state index in [4.69, 9.17) is 14.5 Å². The van der Waals surface area contributed by atoms with E-state index in [2.05, 4.69) is 61.2 Å². The summed E-state index contributed by atoms with van der Waals surface area (Å²) in [7, 11) is 7.40. The molecule has 0 fully saturated rings. The smallest absolute Gasteiger partial charge is 0.325 e. The van der Waals surface area contributed by atoms with Gasteiger partial charge >= 0.3 is 5.84 Å². The third kappa shape index (κ3) is 7.43. The largest absolute Gasteiger partial charge is 0.497 e. The zero-order valence-corrected chi connectivity index (χ0v) is 22.8. The highest BCUT2D eigenvalue weighted by atomic mass is 16.5. The van der Waals surface area contributed by atoms with E-state index in [1.54, 1.807) is 14.2 Å². The fraction of sp³-hybridized carbons (Fsp3) is 0.250. The van der Waals surface area contributed by atoms with E-state index in [9.17, 15) is 0 Å². The Morgan fingerprint density at radius 2 is 1.30 bits per heavy atom. The van der Waals surface area contributed by atoms with Gasteiger partial charge in [0.2, 0.25) is 0 Å². The molecule has 0 aromatic heterocycles. The maximum Gasteiger partial charge on any atom is 0.325 e. The summed E-state index contributed by atoms with van der Waals surface area (Å²) in [5.41, 5.74) is 5.22. The lowest BCUT2D eigenvalue weighted by Gasteiger charge is -2.24. The number of nitrogens with zero attached hydrogens (tertiary/aromatic N) is 3. The molecule has 5 heteroatoms. The highest BCUT2D eigenvalue weighted by Gasteiger charge is 2.16. The third-order valence-electron chi connectivity index (χ3n) is 6.07. The van der Waals surface area contributed by atoms with E-state index in [-0.39, 0.29) is 0 Å². The van der Waals surface area contributed by atoms with Gasteiger partial charge in [-0.2, -0.15) is 0 Å². The van der Waals surface area contributed by atoms with Gasteiger partial charge in [0, 0.05) is 24.4 Å².